The number of rotatable bonds is 8. The number of benzene rings is 2. The highest BCUT2D eigenvalue weighted by molar-refractivity contribution is 7.99. The monoisotopic (exact) mass is 475 g/mol. The number of carbonyl (C=O) groups is 1. The van der Waals surface area contributed by atoms with Gasteiger partial charge in [0.2, 0.25) is 0 Å². The van der Waals surface area contributed by atoms with E-state index in [1.165, 1.54) is 23.9 Å². The van der Waals surface area contributed by atoms with Crippen LogP contribution in [-0.4, -0.2) is 15.7 Å². The molecule has 10 heteroatoms. The molecule has 2 aromatic heterocycles. The molecule has 0 aliphatic heterocycles. The molecular formula is C23H17F4N3O2S. The van der Waals surface area contributed by atoms with Gasteiger partial charge in [-0.15, -0.1) is 0 Å². The zero-order valence-electron chi connectivity index (χ0n) is 16.9. The average molecular weight is 475 g/mol. The van der Waals surface area contributed by atoms with Crippen molar-refractivity contribution in [3.8, 4) is 0 Å². The van der Waals surface area contributed by atoms with Gasteiger partial charge in [0.05, 0.1) is 12.2 Å². The summed E-state index contributed by atoms with van der Waals surface area (Å²) in [6.45, 7) is -0.319. The summed E-state index contributed by atoms with van der Waals surface area (Å²) in [5, 5.41) is 6.30. The van der Waals surface area contributed by atoms with E-state index < -0.39 is 30.1 Å². The van der Waals surface area contributed by atoms with Crippen molar-refractivity contribution in [2.75, 3.05) is 5.32 Å². The summed E-state index contributed by atoms with van der Waals surface area (Å²) >= 11 is 1.48. The summed E-state index contributed by atoms with van der Waals surface area (Å²) in [4.78, 5) is 14.5. The number of nitrogens with zero attached hydrogens (tertiary/aromatic N) is 2. The van der Waals surface area contributed by atoms with E-state index in [-0.39, 0.29) is 18.1 Å². The maximum absolute atomic E-state index is 13.2. The molecule has 0 aliphatic rings. The van der Waals surface area contributed by atoms with Crippen molar-refractivity contribution < 1.29 is 26.8 Å². The van der Waals surface area contributed by atoms with Crippen molar-refractivity contribution in [3.63, 3.8) is 0 Å². The lowest BCUT2D eigenvalue weighted by atomic mass is 10.3. The van der Waals surface area contributed by atoms with Crippen LogP contribution in [0, 0.1) is 0 Å². The fourth-order valence-corrected chi connectivity index (χ4v) is 3.97. The van der Waals surface area contributed by atoms with Crippen LogP contribution in [0.15, 0.2) is 87.0 Å². The molecule has 0 unspecified atom stereocenters. The van der Waals surface area contributed by atoms with Crippen LogP contribution in [0.1, 0.15) is 40.6 Å². The molecule has 0 fully saturated rings. The molecular weight excluding hydrogens is 458 g/mol. The number of alkyl halides is 4. The molecule has 0 atom stereocenters. The van der Waals surface area contributed by atoms with E-state index in [1.54, 1.807) is 12.1 Å². The normalized spacial score (nSPS) is 11.3. The van der Waals surface area contributed by atoms with E-state index in [9.17, 15) is 22.4 Å². The summed E-state index contributed by atoms with van der Waals surface area (Å²) in [5.41, 5.74) is -0.829. The molecule has 170 valence electrons. The smallest absolute Gasteiger partial charge is 0.291 e. The Hall–Kier alpha value is -3.53. The second-order valence-electron chi connectivity index (χ2n) is 6.88. The quantitative estimate of drug-likeness (QED) is 0.285. The first-order valence-electron chi connectivity index (χ1n) is 9.76. The highest BCUT2D eigenvalue weighted by Gasteiger charge is 2.22. The number of halogens is 4. The first kappa shape index (κ1) is 22.7. The lowest BCUT2D eigenvalue weighted by Gasteiger charge is -2.10. The molecule has 5 nitrogen and oxygen atoms in total. The first-order chi connectivity index (χ1) is 15.9. The van der Waals surface area contributed by atoms with Crippen LogP contribution >= 0.6 is 11.8 Å². The van der Waals surface area contributed by atoms with Crippen LogP contribution in [0.5, 0.6) is 0 Å². The molecule has 1 N–H and O–H groups in total. The van der Waals surface area contributed by atoms with Gasteiger partial charge < -0.3 is 9.73 Å². The highest BCUT2D eigenvalue weighted by Crippen LogP contribution is 2.33. The van der Waals surface area contributed by atoms with E-state index in [4.69, 9.17) is 4.42 Å². The maximum atomic E-state index is 13.2. The van der Waals surface area contributed by atoms with Crippen molar-refractivity contribution in [2.45, 2.75) is 29.2 Å². The van der Waals surface area contributed by atoms with Crippen molar-refractivity contribution in [1.82, 2.24) is 9.78 Å². The van der Waals surface area contributed by atoms with E-state index in [0.29, 0.717) is 11.8 Å². The van der Waals surface area contributed by atoms with Crippen molar-refractivity contribution >= 4 is 23.4 Å². The third kappa shape index (κ3) is 5.46. The number of anilines is 1. The van der Waals surface area contributed by atoms with Crippen molar-refractivity contribution in [1.29, 1.82) is 0 Å². The van der Waals surface area contributed by atoms with Crippen LogP contribution in [0.25, 0.3) is 0 Å². The summed E-state index contributed by atoms with van der Waals surface area (Å²) < 4.78 is 58.3. The maximum Gasteiger partial charge on any atom is 0.291 e. The van der Waals surface area contributed by atoms with E-state index in [2.05, 4.69) is 10.4 Å². The predicted octanol–water partition coefficient (Wildman–Crippen LogP) is 6.80. The number of hydrogen-bond acceptors (Lipinski definition) is 4. The fourth-order valence-electron chi connectivity index (χ4n) is 3.05. The number of para-hydroxylation sites is 1. The number of amides is 1. The lowest BCUT2D eigenvalue weighted by Crippen LogP contribution is -2.11. The topological polar surface area (TPSA) is 60.1 Å². The largest absolute Gasteiger partial charge is 0.454 e. The van der Waals surface area contributed by atoms with Gasteiger partial charge in [-0.3, -0.25) is 9.48 Å². The lowest BCUT2D eigenvalue weighted by molar-refractivity contribution is 0.0993. The molecule has 1 amide bonds. The Kier molecular flexibility index (Phi) is 6.83. The van der Waals surface area contributed by atoms with E-state index in [0.717, 1.165) is 14.5 Å². The van der Waals surface area contributed by atoms with E-state index >= 15 is 0 Å². The number of aromatic nitrogens is 2. The van der Waals surface area contributed by atoms with E-state index in [1.807, 2.05) is 42.5 Å². The Morgan fingerprint density at radius 1 is 0.970 bits per heavy atom. The summed E-state index contributed by atoms with van der Waals surface area (Å²) in [5.74, 6) is -0.465. The summed E-state index contributed by atoms with van der Waals surface area (Å²) in [6, 6.07) is 20.3. The summed E-state index contributed by atoms with van der Waals surface area (Å²) in [7, 11) is 0. The third-order valence-corrected chi connectivity index (χ3v) is 5.66. The molecule has 4 rings (SSSR count). The minimum Gasteiger partial charge on any atom is -0.454 e. The van der Waals surface area contributed by atoms with Crippen molar-refractivity contribution in [3.05, 3.63) is 95.7 Å². The van der Waals surface area contributed by atoms with Gasteiger partial charge in [0.25, 0.3) is 18.8 Å². The molecule has 2 heterocycles. The Morgan fingerprint density at radius 2 is 1.70 bits per heavy atom. The zero-order chi connectivity index (χ0) is 23.4. The van der Waals surface area contributed by atoms with Crippen LogP contribution in [0.3, 0.4) is 0 Å². The molecule has 0 bridgehead atoms. The number of carbonyl (C=O) groups excluding carboxylic acids is 1. The fraction of sp³-hybridized carbons (Fsp3) is 0.130. The number of hydrogen-bond donors (Lipinski definition) is 1. The SMILES string of the molecule is O=C(Nc1ccccc1Sc1ccccc1)c1ccc(Cn2nc(C(F)F)cc2C(F)F)o1. The molecule has 0 aliphatic carbocycles. The van der Waals surface area contributed by atoms with Gasteiger partial charge in [-0.05, 0) is 42.5 Å². The van der Waals surface area contributed by atoms with Gasteiger partial charge in [0.15, 0.2) is 5.76 Å². The molecule has 2 aromatic carbocycles. The molecule has 0 saturated carbocycles. The Morgan fingerprint density at radius 3 is 2.42 bits per heavy atom. The Labute approximate surface area is 190 Å². The van der Waals surface area contributed by atoms with Gasteiger partial charge in [0, 0.05) is 9.79 Å². The Bertz CT molecular complexity index is 1240. The van der Waals surface area contributed by atoms with Crippen LogP contribution in [-0.2, 0) is 6.54 Å². The van der Waals surface area contributed by atoms with Gasteiger partial charge in [-0.2, -0.15) is 5.10 Å². The molecule has 0 radical (unpaired) electrons. The van der Waals surface area contributed by atoms with Gasteiger partial charge in [0.1, 0.15) is 17.1 Å². The zero-order valence-corrected chi connectivity index (χ0v) is 17.7. The predicted molar refractivity (Wildman–Crippen MR) is 115 cm³/mol. The highest BCUT2D eigenvalue weighted by atomic mass is 32.2. The number of nitrogens with one attached hydrogen (secondary N) is 1. The van der Waals surface area contributed by atoms with Crippen LogP contribution in [0.2, 0.25) is 0 Å². The minimum atomic E-state index is -2.98. The molecule has 4 aromatic rings. The second-order valence-corrected chi connectivity index (χ2v) is 8.00. The van der Waals surface area contributed by atoms with Crippen LogP contribution in [0.4, 0.5) is 23.2 Å². The van der Waals surface area contributed by atoms with Gasteiger partial charge >= 0.3 is 0 Å². The molecule has 0 spiro atoms. The standard InChI is InChI=1S/C23H17F4N3O2S/c24-21(25)17-12-18(22(26)27)30(29-17)13-14-10-11-19(32-14)23(31)28-16-8-4-5-9-20(16)33-15-6-2-1-3-7-15/h1-12,21-22H,13H2,(H,28,31). The van der Waals surface area contributed by atoms with Gasteiger partial charge in [-0.1, -0.05) is 42.1 Å². The number of furan rings is 1. The second kappa shape index (κ2) is 9.95. The minimum absolute atomic E-state index is 0.0515. The summed E-state index contributed by atoms with van der Waals surface area (Å²) in [6.07, 6.45) is -5.96. The van der Waals surface area contributed by atoms with Crippen LogP contribution < -0.4 is 5.32 Å². The Balaban J connectivity index is 1.49. The first-order valence-corrected chi connectivity index (χ1v) is 10.6. The van der Waals surface area contributed by atoms with Gasteiger partial charge in [-0.25, -0.2) is 17.6 Å². The average Bonchev–Trinajstić information content (AvgIpc) is 3.44. The molecule has 0 saturated heterocycles. The third-order valence-electron chi connectivity index (χ3n) is 4.57. The van der Waals surface area contributed by atoms with Crippen molar-refractivity contribution in [2.24, 2.45) is 0 Å². The molecule has 33 heavy (non-hydrogen) atoms.